The standard InChI is InChI=1S/C8H11N5O/c1-10-2-4-3-11-6-5(4)7(14)13-8(9)12-6/h3,10H,2H2,1H3,(H4,9,11,12,13,14). The average Bonchev–Trinajstić information content (AvgIpc) is 2.49. The van der Waals surface area contributed by atoms with Crippen molar-refractivity contribution < 1.29 is 0 Å². The Morgan fingerprint density at radius 2 is 2.43 bits per heavy atom. The topological polar surface area (TPSA) is 99.6 Å². The second-order valence-corrected chi connectivity index (χ2v) is 3.02. The van der Waals surface area contributed by atoms with Gasteiger partial charge in [-0.15, -0.1) is 0 Å². The van der Waals surface area contributed by atoms with E-state index in [2.05, 4.69) is 20.3 Å². The third-order valence-corrected chi connectivity index (χ3v) is 2.01. The zero-order valence-corrected chi connectivity index (χ0v) is 7.72. The zero-order valence-electron chi connectivity index (χ0n) is 7.72. The first-order chi connectivity index (χ1) is 6.72. The molecule has 5 N–H and O–H groups in total. The van der Waals surface area contributed by atoms with Gasteiger partial charge in [0, 0.05) is 12.7 Å². The lowest BCUT2D eigenvalue weighted by atomic mass is 10.2. The number of aromatic nitrogens is 3. The SMILES string of the molecule is CNCc1c[nH]c2nc(N)[nH]c(=O)c12. The van der Waals surface area contributed by atoms with Crippen molar-refractivity contribution >= 4 is 17.0 Å². The first-order valence-electron chi connectivity index (χ1n) is 4.22. The van der Waals surface area contributed by atoms with E-state index in [0.717, 1.165) is 5.56 Å². The molecule has 6 heteroatoms. The minimum absolute atomic E-state index is 0.125. The third kappa shape index (κ3) is 1.25. The van der Waals surface area contributed by atoms with Crippen LogP contribution < -0.4 is 16.6 Å². The maximum atomic E-state index is 11.5. The van der Waals surface area contributed by atoms with E-state index in [1.807, 2.05) is 7.05 Å². The first kappa shape index (κ1) is 8.76. The Hall–Kier alpha value is -1.82. The minimum atomic E-state index is -0.209. The maximum absolute atomic E-state index is 11.5. The van der Waals surface area contributed by atoms with Crippen molar-refractivity contribution in [1.29, 1.82) is 0 Å². The van der Waals surface area contributed by atoms with Crippen molar-refractivity contribution in [2.75, 3.05) is 12.8 Å². The van der Waals surface area contributed by atoms with E-state index in [9.17, 15) is 4.79 Å². The van der Waals surface area contributed by atoms with Gasteiger partial charge in [0.15, 0.2) is 0 Å². The Balaban J connectivity index is 2.73. The van der Waals surface area contributed by atoms with Crippen molar-refractivity contribution in [3.63, 3.8) is 0 Å². The predicted octanol–water partition coefficient (Wildman–Crippen LogP) is -0.447. The van der Waals surface area contributed by atoms with Gasteiger partial charge < -0.3 is 16.0 Å². The number of nitrogens with one attached hydrogen (secondary N) is 3. The molecule has 0 saturated heterocycles. The molecule has 0 saturated carbocycles. The van der Waals surface area contributed by atoms with Crippen LogP contribution >= 0.6 is 0 Å². The van der Waals surface area contributed by atoms with E-state index in [1.165, 1.54) is 0 Å². The number of nitrogens with two attached hydrogens (primary N) is 1. The molecule has 2 rings (SSSR count). The minimum Gasteiger partial charge on any atom is -0.369 e. The van der Waals surface area contributed by atoms with Crippen LogP contribution in [0.25, 0.3) is 11.0 Å². The molecule has 0 fully saturated rings. The van der Waals surface area contributed by atoms with Gasteiger partial charge in [0.05, 0.1) is 5.39 Å². The molecule has 0 aliphatic rings. The Bertz CT molecular complexity index is 512. The van der Waals surface area contributed by atoms with Gasteiger partial charge in [0.2, 0.25) is 5.95 Å². The predicted molar refractivity (Wildman–Crippen MR) is 53.9 cm³/mol. The molecule has 0 aliphatic carbocycles. The summed E-state index contributed by atoms with van der Waals surface area (Å²) in [4.78, 5) is 20.9. The molecule has 2 heterocycles. The maximum Gasteiger partial charge on any atom is 0.262 e. The molecule has 0 aromatic carbocycles. The van der Waals surface area contributed by atoms with Gasteiger partial charge >= 0.3 is 0 Å². The van der Waals surface area contributed by atoms with E-state index in [1.54, 1.807) is 6.20 Å². The number of fused-ring (bicyclic) bond motifs is 1. The van der Waals surface area contributed by atoms with Gasteiger partial charge in [-0.3, -0.25) is 9.78 Å². The molecule has 14 heavy (non-hydrogen) atoms. The molecule has 74 valence electrons. The van der Waals surface area contributed by atoms with Crippen molar-refractivity contribution in [3.8, 4) is 0 Å². The lowest BCUT2D eigenvalue weighted by Crippen LogP contribution is -2.13. The second-order valence-electron chi connectivity index (χ2n) is 3.02. The fourth-order valence-electron chi connectivity index (χ4n) is 1.45. The Labute approximate surface area is 79.5 Å². The lowest BCUT2D eigenvalue weighted by Gasteiger charge is -1.96. The first-order valence-corrected chi connectivity index (χ1v) is 4.22. The van der Waals surface area contributed by atoms with Gasteiger partial charge in [-0.05, 0) is 12.6 Å². The highest BCUT2D eigenvalue weighted by molar-refractivity contribution is 5.79. The van der Waals surface area contributed by atoms with Crippen LogP contribution in [0.4, 0.5) is 5.95 Å². The molecular weight excluding hydrogens is 182 g/mol. The summed E-state index contributed by atoms with van der Waals surface area (Å²) in [6.07, 6.45) is 1.75. The summed E-state index contributed by atoms with van der Waals surface area (Å²) in [7, 11) is 1.82. The summed E-state index contributed by atoms with van der Waals surface area (Å²) >= 11 is 0. The summed E-state index contributed by atoms with van der Waals surface area (Å²) in [5, 5.41) is 3.54. The molecule has 2 aromatic rings. The normalized spacial score (nSPS) is 10.9. The number of nitrogens with zero attached hydrogens (tertiary/aromatic N) is 1. The van der Waals surface area contributed by atoms with E-state index in [4.69, 9.17) is 5.73 Å². The molecular formula is C8H11N5O. The Kier molecular flexibility index (Phi) is 1.97. The molecule has 0 aliphatic heterocycles. The number of H-pyrrole nitrogens is 2. The van der Waals surface area contributed by atoms with E-state index in [-0.39, 0.29) is 11.5 Å². The second kappa shape index (κ2) is 3.15. The highest BCUT2D eigenvalue weighted by Crippen LogP contribution is 2.11. The fourth-order valence-corrected chi connectivity index (χ4v) is 1.45. The van der Waals surface area contributed by atoms with Crippen LogP contribution in [0.5, 0.6) is 0 Å². The molecule has 2 aromatic heterocycles. The number of rotatable bonds is 2. The van der Waals surface area contributed by atoms with Gasteiger partial charge in [-0.2, -0.15) is 4.98 Å². The molecule has 0 bridgehead atoms. The van der Waals surface area contributed by atoms with Gasteiger partial charge in [-0.1, -0.05) is 0 Å². The van der Waals surface area contributed by atoms with Crippen molar-refractivity contribution in [3.05, 3.63) is 22.1 Å². The van der Waals surface area contributed by atoms with Crippen LogP contribution in [0.2, 0.25) is 0 Å². The summed E-state index contributed by atoms with van der Waals surface area (Å²) in [6.45, 7) is 0.620. The summed E-state index contributed by atoms with van der Waals surface area (Å²) < 4.78 is 0. The molecule has 6 nitrogen and oxygen atoms in total. The van der Waals surface area contributed by atoms with E-state index < -0.39 is 0 Å². The average molecular weight is 193 g/mol. The Morgan fingerprint density at radius 1 is 1.64 bits per heavy atom. The summed E-state index contributed by atoms with van der Waals surface area (Å²) in [5.41, 5.74) is 6.61. The largest absolute Gasteiger partial charge is 0.369 e. The third-order valence-electron chi connectivity index (χ3n) is 2.01. The number of hydrogen-bond acceptors (Lipinski definition) is 4. The van der Waals surface area contributed by atoms with Crippen LogP contribution in [0, 0.1) is 0 Å². The number of aromatic amines is 2. The van der Waals surface area contributed by atoms with Gasteiger partial charge in [0.1, 0.15) is 5.65 Å². The molecule has 0 amide bonds. The molecule has 0 atom stereocenters. The zero-order chi connectivity index (χ0) is 10.1. The molecule has 0 radical (unpaired) electrons. The molecule has 0 unspecified atom stereocenters. The fraction of sp³-hybridized carbons (Fsp3) is 0.250. The van der Waals surface area contributed by atoms with Crippen molar-refractivity contribution in [2.45, 2.75) is 6.54 Å². The van der Waals surface area contributed by atoms with Gasteiger partial charge in [0.25, 0.3) is 5.56 Å². The van der Waals surface area contributed by atoms with E-state index >= 15 is 0 Å². The van der Waals surface area contributed by atoms with E-state index in [0.29, 0.717) is 17.6 Å². The Morgan fingerprint density at radius 3 is 3.14 bits per heavy atom. The quantitative estimate of drug-likeness (QED) is 0.519. The van der Waals surface area contributed by atoms with Crippen LogP contribution in [-0.2, 0) is 6.54 Å². The van der Waals surface area contributed by atoms with Gasteiger partial charge in [-0.25, -0.2) is 0 Å². The van der Waals surface area contributed by atoms with Crippen LogP contribution in [0.3, 0.4) is 0 Å². The highest BCUT2D eigenvalue weighted by atomic mass is 16.1. The van der Waals surface area contributed by atoms with Crippen LogP contribution in [0.1, 0.15) is 5.56 Å². The van der Waals surface area contributed by atoms with Crippen molar-refractivity contribution in [2.24, 2.45) is 0 Å². The highest BCUT2D eigenvalue weighted by Gasteiger charge is 2.08. The monoisotopic (exact) mass is 193 g/mol. The summed E-state index contributed by atoms with van der Waals surface area (Å²) in [5.74, 6) is 0.125. The molecule has 0 spiro atoms. The van der Waals surface area contributed by atoms with Crippen LogP contribution in [-0.4, -0.2) is 22.0 Å². The number of anilines is 1. The number of nitrogen functional groups attached to an aromatic ring is 1. The smallest absolute Gasteiger partial charge is 0.262 e. The lowest BCUT2D eigenvalue weighted by molar-refractivity contribution is 0.822. The van der Waals surface area contributed by atoms with Crippen molar-refractivity contribution in [1.82, 2.24) is 20.3 Å². The summed E-state index contributed by atoms with van der Waals surface area (Å²) in [6, 6.07) is 0. The van der Waals surface area contributed by atoms with Crippen LogP contribution in [0.15, 0.2) is 11.0 Å². The number of hydrogen-bond donors (Lipinski definition) is 4.